The fourth-order valence-electron chi connectivity index (χ4n) is 7.02. The fraction of sp³-hybridized carbons (Fsp3) is 0.378. The van der Waals surface area contributed by atoms with E-state index in [1.807, 2.05) is 37.5 Å². The van der Waals surface area contributed by atoms with E-state index in [2.05, 4.69) is 43.5 Å². The molecule has 2 heterocycles. The average molecular weight is 536 g/mol. The van der Waals surface area contributed by atoms with E-state index in [1.54, 1.807) is 6.07 Å². The number of aryl methyl sites for hydroxylation is 2. The van der Waals surface area contributed by atoms with Crippen molar-refractivity contribution in [3.05, 3.63) is 88.9 Å². The van der Waals surface area contributed by atoms with Crippen LogP contribution in [-0.4, -0.2) is 0 Å². The number of hydrogen-bond donors (Lipinski definition) is 0. The Morgan fingerprint density at radius 2 is 1.70 bits per heavy atom. The Hall–Kier alpha value is -3.46. The van der Waals surface area contributed by atoms with Gasteiger partial charge < -0.3 is 4.42 Å². The number of nitrogens with zero attached hydrogens (tertiary/aromatic N) is 1. The smallest absolute Gasteiger partial charge is 0.216 e. The third-order valence-corrected chi connectivity index (χ3v) is 9.32. The molecule has 0 saturated heterocycles. The van der Waals surface area contributed by atoms with Gasteiger partial charge in [0.2, 0.25) is 5.69 Å². The zero-order valence-electron chi connectivity index (χ0n) is 27.0. The van der Waals surface area contributed by atoms with Crippen molar-refractivity contribution in [1.82, 2.24) is 0 Å². The third-order valence-electron chi connectivity index (χ3n) is 9.32. The lowest BCUT2D eigenvalue weighted by Crippen LogP contribution is -2.30. The van der Waals surface area contributed by atoms with Gasteiger partial charge in [-0.1, -0.05) is 57.4 Å². The molecule has 3 aromatic carbocycles. The Morgan fingerprint density at radius 3 is 2.48 bits per heavy atom. The molecule has 2 aliphatic carbocycles. The maximum absolute atomic E-state index is 16.2. The first-order valence-corrected chi connectivity index (χ1v) is 14.7. The summed E-state index contributed by atoms with van der Waals surface area (Å²) in [6.07, 6.45) is 5.94. The molecule has 1 fully saturated rings. The van der Waals surface area contributed by atoms with Crippen LogP contribution in [0.15, 0.2) is 65.2 Å². The molecule has 204 valence electrons. The molecule has 2 aliphatic rings. The van der Waals surface area contributed by atoms with Crippen LogP contribution < -0.4 is 4.57 Å². The van der Waals surface area contributed by atoms with Gasteiger partial charge in [0.25, 0.3) is 0 Å². The number of fused-ring (bicyclic) bond motifs is 4. The summed E-state index contributed by atoms with van der Waals surface area (Å²) in [7, 11) is 2.01. The summed E-state index contributed by atoms with van der Waals surface area (Å²) in [6.45, 7) is 6.37. The van der Waals surface area contributed by atoms with Gasteiger partial charge >= 0.3 is 0 Å². The highest BCUT2D eigenvalue weighted by Gasteiger charge is 2.33. The first-order valence-electron chi connectivity index (χ1n) is 16.2. The van der Waals surface area contributed by atoms with Gasteiger partial charge in [-0.25, -0.2) is 8.96 Å². The number of halogens is 1. The van der Waals surface area contributed by atoms with Crippen LogP contribution in [0.3, 0.4) is 0 Å². The van der Waals surface area contributed by atoms with Gasteiger partial charge in [-0.05, 0) is 96.3 Å². The molecule has 40 heavy (non-hydrogen) atoms. The van der Waals surface area contributed by atoms with Crippen LogP contribution in [0.2, 0.25) is 0 Å². The molecule has 2 aromatic heterocycles. The zero-order chi connectivity index (χ0) is 30.3. The molecule has 5 aromatic rings. The molecule has 0 radical (unpaired) electrons. The molecule has 0 atom stereocenters. The van der Waals surface area contributed by atoms with E-state index in [9.17, 15) is 1.37 Å². The van der Waals surface area contributed by atoms with Gasteiger partial charge in [-0.15, -0.1) is 0 Å². The maximum atomic E-state index is 16.2. The Balaban J connectivity index is 1.56. The van der Waals surface area contributed by atoms with Crippen molar-refractivity contribution in [3.63, 3.8) is 0 Å². The minimum absolute atomic E-state index is 0.304. The van der Waals surface area contributed by atoms with E-state index < -0.39 is 12.3 Å². The van der Waals surface area contributed by atoms with Crippen LogP contribution in [0.25, 0.3) is 44.3 Å². The zero-order valence-corrected chi connectivity index (χ0v) is 24.0. The van der Waals surface area contributed by atoms with Gasteiger partial charge in [0.15, 0.2) is 6.20 Å². The Morgan fingerprint density at radius 1 is 0.950 bits per heavy atom. The van der Waals surface area contributed by atoms with E-state index in [4.69, 9.17) is 7.16 Å². The largest absolute Gasteiger partial charge is 0.454 e. The van der Waals surface area contributed by atoms with Crippen molar-refractivity contribution in [3.8, 4) is 22.4 Å². The normalized spacial score (nSPS) is 20.6. The highest BCUT2D eigenvalue weighted by atomic mass is 19.1. The molecule has 1 saturated carbocycles. The van der Waals surface area contributed by atoms with Crippen LogP contribution in [0.1, 0.15) is 91.1 Å². The molecular formula is C37H39FNO+. The number of benzene rings is 3. The van der Waals surface area contributed by atoms with Crippen molar-refractivity contribution in [2.45, 2.75) is 83.4 Å². The van der Waals surface area contributed by atoms with Crippen molar-refractivity contribution in [1.29, 1.82) is 0 Å². The van der Waals surface area contributed by atoms with E-state index in [0.717, 1.165) is 63.6 Å². The summed E-state index contributed by atoms with van der Waals surface area (Å²) >= 11 is 0. The van der Waals surface area contributed by atoms with E-state index >= 15 is 4.39 Å². The lowest BCUT2D eigenvalue weighted by atomic mass is 9.68. The Labute approximate surface area is 241 Å². The van der Waals surface area contributed by atoms with Crippen molar-refractivity contribution >= 4 is 21.9 Å². The summed E-state index contributed by atoms with van der Waals surface area (Å²) in [6, 6.07) is 17.5. The standard InChI is InChI=1S/C37H39FNO/c1-23-15-16-27-28-17-18-31(38)34(36(28)40-35(27)33(23)32-14-8-9-20-39(32)4)25-21-29(24-11-6-5-7-12-24)26-13-10-19-37(2,3)30(26)22-25/h8-9,14-18,20-22,24H,5-7,10-13,19H2,1-4H3/q+1/i13D2,24D. The summed E-state index contributed by atoms with van der Waals surface area (Å²) in [5.74, 6) is -1.27. The molecule has 3 heteroatoms. The first-order chi connectivity index (χ1) is 20.4. The van der Waals surface area contributed by atoms with Gasteiger partial charge in [-0.3, -0.25) is 0 Å². The molecule has 0 aliphatic heterocycles. The van der Waals surface area contributed by atoms with Crippen LogP contribution in [0.4, 0.5) is 4.39 Å². The van der Waals surface area contributed by atoms with Crippen LogP contribution in [-0.2, 0) is 18.8 Å². The molecule has 0 N–H and O–H groups in total. The second-order valence-corrected chi connectivity index (χ2v) is 12.4. The predicted octanol–water partition coefficient (Wildman–Crippen LogP) is 9.85. The van der Waals surface area contributed by atoms with Crippen LogP contribution >= 0.6 is 0 Å². The van der Waals surface area contributed by atoms with Crippen LogP contribution in [0, 0.1) is 12.7 Å². The molecular weight excluding hydrogens is 493 g/mol. The Bertz CT molecular complexity index is 1920. The number of pyridine rings is 1. The van der Waals surface area contributed by atoms with Crippen molar-refractivity contribution in [2.24, 2.45) is 7.05 Å². The van der Waals surface area contributed by atoms with Gasteiger partial charge in [0, 0.05) is 27.0 Å². The van der Waals surface area contributed by atoms with Crippen molar-refractivity contribution < 1.29 is 17.5 Å². The van der Waals surface area contributed by atoms with Crippen molar-refractivity contribution in [2.75, 3.05) is 0 Å². The fourth-order valence-corrected chi connectivity index (χ4v) is 7.02. The number of hydrogen-bond acceptors (Lipinski definition) is 1. The molecule has 7 rings (SSSR count). The Kier molecular flexibility index (Phi) is 5.33. The lowest BCUT2D eigenvalue weighted by Gasteiger charge is -2.36. The van der Waals surface area contributed by atoms with E-state index in [0.29, 0.717) is 48.0 Å². The number of furan rings is 1. The summed E-state index contributed by atoms with van der Waals surface area (Å²) in [5, 5.41) is 1.78. The monoisotopic (exact) mass is 535 g/mol. The average Bonchev–Trinajstić information content (AvgIpc) is 3.34. The number of rotatable bonds is 3. The minimum atomic E-state index is -1.54. The first kappa shape index (κ1) is 22.3. The summed E-state index contributed by atoms with van der Waals surface area (Å²) in [4.78, 5) is 0. The van der Waals surface area contributed by atoms with Gasteiger partial charge in [0.1, 0.15) is 24.0 Å². The van der Waals surface area contributed by atoms with Gasteiger partial charge in [0.05, 0.1) is 11.1 Å². The minimum Gasteiger partial charge on any atom is -0.454 e. The lowest BCUT2D eigenvalue weighted by molar-refractivity contribution is -0.660. The quantitative estimate of drug-likeness (QED) is 0.210. The predicted molar refractivity (Wildman–Crippen MR) is 162 cm³/mol. The highest BCUT2D eigenvalue weighted by molar-refractivity contribution is 6.13. The van der Waals surface area contributed by atoms with Gasteiger partial charge in [-0.2, -0.15) is 0 Å². The second-order valence-electron chi connectivity index (χ2n) is 12.4. The topological polar surface area (TPSA) is 17.0 Å². The second kappa shape index (κ2) is 9.58. The third kappa shape index (κ3) is 4.00. The maximum Gasteiger partial charge on any atom is 0.216 e. The SMILES string of the molecule is [2H]C1([2H])CCC(C)(C)c2cc(-c3c(F)ccc4c3oc3c(-c5cccc[n+]5C)c(C)ccc34)cc(C3([2H])CCCCC3)c21. The molecule has 0 amide bonds. The summed E-state index contributed by atoms with van der Waals surface area (Å²) < 4.78 is 52.8. The number of aromatic nitrogens is 1. The molecule has 0 unspecified atom stereocenters. The van der Waals surface area contributed by atoms with Crippen LogP contribution in [0.5, 0.6) is 0 Å². The molecule has 2 nitrogen and oxygen atoms in total. The van der Waals surface area contributed by atoms with E-state index in [-0.39, 0.29) is 11.2 Å². The molecule has 0 bridgehead atoms. The molecule has 0 spiro atoms. The van der Waals surface area contributed by atoms with E-state index in [1.165, 1.54) is 6.07 Å². The highest BCUT2D eigenvalue weighted by Crippen LogP contribution is 2.47. The summed E-state index contributed by atoms with van der Waals surface area (Å²) in [5.41, 5.74) is 7.33.